The first-order valence-corrected chi connectivity index (χ1v) is 7.88. The number of benzene rings is 1. The molecule has 0 fully saturated rings. The quantitative estimate of drug-likeness (QED) is 0.659. The van der Waals surface area contributed by atoms with E-state index in [2.05, 4.69) is 80.0 Å². The molecule has 1 aromatic carbocycles. The zero-order valence-electron chi connectivity index (χ0n) is 14.8. The average molecular weight is 276 g/mol. The van der Waals surface area contributed by atoms with Crippen LogP contribution in [0.5, 0.6) is 0 Å². The van der Waals surface area contributed by atoms with Gasteiger partial charge in [0.2, 0.25) is 0 Å². The van der Waals surface area contributed by atoms with E-state index in [0.29, 0.717) is 11.3 Å². The third kappa shape index (κ3) is 5.66. The minimum absolute atomic E-state index is 0.325. The minimum Gasteiger partial charge on any atom is -0.327 e. The second-order valence-corrected chi connectivity index (χ2v) is 8.74. The van der Waals surface area contributed by atoms with Crippen LogP contribution in [-0.2, 0) is 6.54 Å². The lowest BCUT2D eigenvalue weighted by Gasteiger charge is -2.33. The average Bonchev–Trinajstić information content (AvgIpc) is 2.23. The van der Waals surface area contributed by atoms with Gasteiger partial charge in [0, 0.05) is 5.56 Å². The maximum absolute atomic E-state index is 2.36. The lowest BCUT2D eigenvalue weighted by atomic mass is 9.72. The van der Waals surface area contributed by atoms with Crippen molar-refractivity contribution in [2.45, 2.75) is 53.5 Å². The summed E-state index contributed by atoms with van der Waals surface area (Å²) < 4.78 is 0.980. The van der Waals surface area contributed by atoms with Crippen LogP contribution in [0, 0.1) is 11.3 Å². The van der Waals surface area contributed by atoms with E-state index < -0.39 is 0 Å². The Balaban J connectivity index is 2.94. The molecule has 0 N–H and O–H groups in total. The van der Waals surface area contributed by atoms with Crippen molar-refractivity contribution in [3.63, 3.8) is 0 Å². The summed E-state index contributed by atoms with van der Waals surface area (Å²) in [7, 11) is 6.72. The molecule has 0 spiro atoms. The Hall–Kier alpha value is -0.820. The largest absolute Gasteiger partial charge is 0.327 e. The van der Waals surface area contributed by atoms with Crippen LogP contribution in [0.3, 0.4) is 0 Å². The van der Waals surface area contributed by atoms with Gasteiger partial charge in [-0.25, -0.2) is 0 Å². The highest BCUT2D eigenvalue weighted by Crippen LogP contribution is 2.39. The van der Waals surface area contributed by atoms with E-state index in [1.165, 1.54) is 17.5 Å². The number of nitrogens with zero attached hydrogens (tertiary/aromatic N) is 1. The molecule has 20 heavy (non-hydrogen) atoms. The molecule has 0 aromatic heterocycles. The zero-order chi connectivity index (χ0) is 15.6. The summed E-state index contributed by atoms with van der Waals surface area (Å²) in [5, 5.41) is 0. The van der Waals surface area contributed by atoms with E-state index in [1.54, 1.807) is 0 Å². The Morgan fingerprint density at radius 1 is 0.950 bits per heavy atom. The highest BCUT2D eigenvalue weighted by atomic mass is 15.3. The summed E-state index contributed by atoms with van der Waals surface area (Å²) in [5.74, 6) is 1.38. The summed E-state index contributed by atoms with van der Waals surface area (Å²) in [6, 6.07) is 9.34. The molecule has 1 rings (SSSR count). The molecule has 0 aliphatic rings. The molecule has 0 saturated carbocycles. The molecule has 1 heteroatoms. The van der Waals surface area contributed by atoms with Gasteiger partial charge in [0.25, 0.3) is 0 Å². The fourth-order valence-electron chi connectivity index (χ4n) is 2.86. The fraction of sp³-hybridized carbons (Fsp3) is 0.684. The Kier molecular flexibility index (Phi) is 5.43. The van der Waals surface area contributed by atoms with Gasteiger partial charge in [0.15, 0.2) is 0 Å². The van der Waals surface area contributed by atoms with Crippen molar-refractivity contribution >= 4 is 0 Å². The van der Waals surface area contributed by atoms with Gasteiger partial charge < -0.3 is 4.48 Å². The zero-order valence-corrected chi connectivity index (χ0v) is 14.8. The molecule has 1 atom stereocenters. The molecular formula is C19H34N+. The predicted molar refractivity (Wildman–Crippen MR) is 89.8 cm³/mol. The highest BCUT2D eigenvalue weighted by molar-refractivity contribution is 5.26. The fourth-order valence-corrected chi connectivity index (χ4v) is 2.86. The molecule has 0 aliphatic heterocycles. The Morgan fingerprint density at radius 3 is 1.80 bits per heavy atom. The van der Waals surface area contributed by atoms with Crippen molar-refractivity contribution in [2.24, 2.45) is 11.3 Å². The van der Waals surface area contributed by atoms with Crippen molar-refractivity contribution in [1.29, 1.82) is 0 Å². The van der Waals surface area contributed by atoms with Crippen LogP contribution >= 0.6 is 0 Å². The first-order chi connectivity index (χ1) is 8.99. The lowest BCUT2D eigenvalue weighted by Crippen LogP contribution is -2.33. The number of hydrogen-bond acceptors (Lipinski definition) is 0. The minimum atomic E-state index is 0.325. The van der Waals surface area contributed by atoms with E-state index in [1.807, 2.05) is 0 Å². The maximum atomic E-state index is 2.36. The SMILES string of the molecule is CC(C)CC(c1ccc(C[N+](C)(C)C)cc1)C(C)(C)C. The van der Waals surface area contributed by atoms with Crippen LogP contribution in [0.25, 0.3) is 0 Å². The summed E-state index contributed by atoms with van der Waals surface area (Å²) >= 11 is 0. The second-order valence-electron chi connectivity index (χ2n) is 8.74. The van der Waals surface area contributed by atoms with Gasteiger partial charge in [0.05, 0.1) is 21.1 Å². The molecule has 0 saturated heterocycles. The molecule has 0 aliphatic carbocycles. The Labute approximate surface area is 126 Å². The molecule has 1 aromatic rings. The van der Waals surface area contributed by atoms with E-state index in [0.717, 1.165) is 16.9 Å². The van der Waals surface area contributed by atoms with Gasteiger partial charge in [0.1, 0.15) is 6.54 Å². The van der Waals surface area contributed by atoms with Crippen molar-refractivity contribution in [3.8, 4) is 0 Å². The number of hydrogen-bond donors (Lipinski definition) is 0. The second kappa shape index (κ2) is 6.30. The smallest absolute Gasteiger partial charge is 0.104 e. The van der Waals surface area contributed by atoms with Crippen LogP contribution in [-0.4, -0.2) is 25.6 Å². The molecule has 0 bridgehead atoms. The van der Waals surface area contributed by atoms with Crippen LogP contribution in [0.1, 0.15) is 58.1 Å². The van der Waals surface area contributed by atoms with Crippen molar-refractivity contribution in [3.05, 3.63) is 35.4 Å². The van der Waals surface area contributed by atoms with E-state index in [4.69, 9.17) is 0 Å². The van der Waals surface area contributed by atoms with Gasteiger partial charge >= 0.3 is 0 Å². The molecular weight excluding hydrogens is 242 g/mol. The third-order valence-electron chi connectivity index (χ3n) is 3.79. The van der Waals surface area contributed by atoms with E-state index in [9.17, 15) is 0 Å². The topological polar surface area (TPSA) is 0 Å². The van der Waals surface area contributed by atoms with Crippen LogP contribution in [0.15, 0.2) is 24.3 Å². The van der Waals surface area contributed by atoms with Gasteiger partial charge in [-0.05, 0) is 29.2 Å². The predicted octanol–water partition coefficient (Wildman–Crippen LogP) is 5.07. The Bertz CT molecular complexity index is 401. The molecule has 114 valence electrons. The van der Waals surface area contributed by atoms with Gasteiger partial charge in [-0.1, -0.05) is 58.9 Å². The first-order valence-electron chi connectivity index (χ1n) is 7.88. The number of quaternary nitrogens is 1. The number of rotatable bonds is 5. The van der Waals surface area contributed by atoms with Crippen molar-refractivity contribution < 1.29 is 4.48 Å². The Morgan fingerprint density at radius 2 is 1.45 bits per heavy atom. The van der Waals surface area contributed by atoms with E-state index in [-0.39, 0.29) is 0 Å². The summed E-state index contributed by atoms with van der Waals surface area (Å²) in [6.07, 6.45) is 1.26. The maximum Gasteiger partial charge on any atom is 0.104 e. The summed E-state index contributed by atoms with van der Waals surface area (Å²) in [4.78, 5) is 0. The molecule has 0 heterocycles. The standard InChI is InChI=1S/C19H34N/c1-15(2)13-18(19(3,4)5)17-11-9-16(10-12-17)14-20(6,7)8/h9-12,15,18H,13-14H2,1-8H3/q+1. The molecule has 0 amide bonds. The molecule has 0 radical (unpaired) electrons. The molecule has 1 nitrogen and oxygen atoms in total. The normalized spacial score (nSPS) is 14.7. The van der Waals surface area contributed by atoms with Crippen molar-refractivity contribution in [2.75, 3.05) is 21.1 Å². The van der Waals surface area contributed by atoms with Gasteiger partial charge in [-0.15, -0.1) is 0 Å². The molecule has 1 unspecified atom stereocenters. The monoisotopic (exact) mass is 276 g/mol. The lowest BCUT2D eigenvalue weighted by molar-refractivity contribution is -0.884. The summed E-state index contributed by atoms with van der Waals surface area (Å²) in [5.41, 5.74) is 3.25. The van der Waals surface area contributed by atoms with Gasteiger partial charge in [-0.2, -0.15) is 0 Å². The first kappa shape index (κ1) is 17.2. The van der Waals surface area contributed by atoms with Crippen LogP contribution in [0.4, 0.5) is 0 Å². The summed E-state index contributed by atoms with van der Waals surface area (Å²) in [6.45, 7) is 12.8. The van der Waals surface area contributed by atoms with Crippen LogP contribution < -0.4 is 0 Å². The van der Waals surface area contributed by atoms with Crippen molar-refractivity contribution in [1.82, 2.24) is 0 Å². The van der Waals surface area contributed by atoms with Crippen LogP contribution in [0.2, 0.25) is 0 Å². The highest BCUT2D eigenvalue weighted by Gasteiger charge is 2.26. The third-order valence-corrected chi connectivity index (χ3v) is 3.79. The van der Waals surface area contributed by atoms with E-state index >= 15 is 0 Å². The van der Waals surface area contributed by atoms with Gasteiger partial charge in [-0.3, -0.25) is 0 Å².